The van der Waals surface area contributed by atoms with Gasteiger partial charge in [-0.1, -0.05) is 12.1 Å². The number of nitrogens with one attached hydrogen (secondary N) is 2. The number of allylic oxidation sites excluding steroid dienone is 1. The number of hydrogen-bond acceptors (Lipinski definition) is 8. The second-order valence-electron chi connectivity index (χ2n) is 7.52. The molecule has 1 fully saturated rings. The van der Waals surface area contributed by atoms with Gasteiger partial charge in [-0.05, 0) is 31.7 Å². The van der Waals surface area contributed by atoms with E-state index in [2.05, 4.69) is 38.6 Å². The van der Waals surface area contributed by atoms with Crippen molar-refractivity contribution in [3.63, 3.8) is 0 Å². The minimum absolute atomic E-state index is 0.185. The molecule has 1 saturated heterocycles. The molecule has 9 heteroatoms. The zero-order valence-corrected chi connectivity index (χ0v) is 17.5. The van der Waals surface area contributed by atoms with Crippen LogP contribution >= 0.6 is 0 Å². The molecule has 2 N–H and O–H groups in total. The molecule has 160 valence electrons. The van der Waals surface area contributed by atoms with Crippen molar-refractivity contribution in [1.82, 2.24) is 19.8 Å². The highest BCUT2D eigenvalue weighted by atomic mass is 16.5. The molecule has 9 nitrogen and oxygen atoms in total. The van der Waals surface area contributed by atoms with Gasteiger partial charge in [-0.25, -0.2) is 9.97 Å². The minimum Gasteiger partial charge on any atom is -0.437 e. The lowest BCUT2D eigenvalue weighted by Gasteiger charge is -2.32. The van der Waals surface area contributed by atoms with Gasteiger partial charge in [0, 0.05) is 45.3 Å². The van der Waals surface area contributed by atoms with Gasteiger partial charge in [-0.2, -0.15) is 5.26 Å². The van der Waals surface area contributed by atoms with Crippen LogP contribution in [0.1, 0.15) is 18.5 Å². The maximum absolute atomic E-state index is 12.3. The number of para-hydroxylation sites is 2. The normalized spacial score (nSPS) is 17.2. The van der Waals surface area contributed by atoms with Crippen molar-refractivity contribution in [3.8, 4) is 11.8 Å². The SMILES string of the molecule is CN1CCN(C(=O)CCCNc2nccc(C(C#N)=C3Nc4ccccc4O3)n2)CC1. The van der Waals surface area contributed by atoms with Gasteiger partial charge in [0.25, 0.3) is 0 Å². The van der Waals surface area contributed by atoms with Crippen molar-refractivity contribution in [3.05, 3.63) is 48.1 Å². The molecule has 1 aromatic carbocycles. The fourth-order valence-electron chi connectivity index (χ4n) is 3.49. The number of benzene rings is 1. The summed E-state index contributed by atoms with van der Waals surface area (Å²) in [6.07, 6.45) is 2.77. The molecule has 2 aliphatic rings. The number of rotatable bonds is 6. The van der Waals surface area contributed by atoms with Gasteiger partial charge in [0.2, 0.25) is 17.7 Å². The molecular weight excluding hydrogens is 394 g/mol. The monoisotopic (exact) mass is 419 g/mol. The van der Waals surface area contributed by atoms with E-state index >= 15 is 0 Å². The van der Waals surface area contributed by atoms with Gasteiger partial charge < -0.3 is 25.2 Å². The summed E-state index contributed by atoms with van der Waals surface area (Å²) >= 11 is 0. The number of likely N-dealkylation sites (N-methyl/N-ethyl adjacent to an activating group) is 1. The van der Waals surface area contributed by atoms with Crippen LogP contribution in [0.15, 0.2) is 42.4 Å². The van der Waals surface area contributed by atoms with Crippen LogP contribution in [0, 0.1) is 11.3 Å². The Bertz CT molecular complexity index is 996. The van der Waals surface area contributed by atoms with Crippen molar-refractivity contribution in [2.45, 2.75) is 12.8 Å². The maximum atomic E-state index is 12.3. The zero-order valence-electron chi connectivity index (χ0n) is 17.5. The Balaban J connectivity index is 1.33. The summed E-state index contributed by atoms with van der Waals surface area (Å²) in [5.74, 6) is 1.62. The molecule has 2 aromatic rings. The number of amides is 1. The quantitative estimate of drug-likeness (QED) is 0.542. The lowest BCUT2D eigenvalue weighted by atomic mass is 10.2. The highest BCUT2D eigenvalue weighted by Crippen LogP contribution is 2.35. The van der Waals surface area contributed by atoms with Gasteiger partial charge in [0.15, 0.2) is 5.75 Å². The van der Waals surface area contributed by atoms with Crippen LogP contribution in [-0.2, 0) is 4.79 Å². The van der Waals surface area contributed by atoms with E-state index in [4.69, 9.17) is 4.74 Å². The third kappa shape index (κ3) is 4.92. The van der Waals surface area contributed by atoms with Crippen molar-refractivity contribution in [2.24, 2.45) is 0 Å². The molecular formula is C22H25N7O2. The van der Waals surface area contributed by atoms with E-state index < -0.39 is 0 Å². The van der Waals surface area contributed by atoms with E-state index in [1.807, 2.05) is 29.2 Å². The highest BCUT2D eigenvalue weighted by molar-refractivity contribution is 5.81. The fourth-order valence-corrected chi connectivity index (χ4v) is 3.49. The molecule has 0 bridgehead atoms. The Morgan fingerprint density at radius 2 is 2.06 bits per heavy atom. The third-order valence-corrected chi connectivity index (χ3v) is 5.30. The molecule has 0 atom stereocenters. The van der Waals surface area contributed by atoms with E-state index in [0.717, 1.165) is 31.9 Å². The molecule has 0 radical (unpaired) electrons. The van der Waals surface area contributed by atoms with E-state index in [-0.39, 0.29) is 5.91 Å². The Morgan fingerprint density at radius 1 is 1.26 bits per heavy atom. The summed E-state index contributed by atoms with van der Waals surface area (Å²) in [4.78, 5) is 25.1. The first-order valence-corrected chi connectivity index (χ1v) is 10.4. The molecule has 0 unspecified atom stereocenters. The number of carbonyl (C=O) groups excluding carboxylic acids is 1. The van der Waals surface area contributed by atoms with Crippen LogP contribution in [0.25, 0.3) is 5.57 Å². The standard InChI is InChI=1S/C22H25N7O2/c1-28-11-13-29(14-12-28)20(30)7-4-9-24-22-25-10-8-17(27-22)16(15-23)21-26-18-5-2-3-6-19(18)31-21/h2-3,5-6,8,10,26H,4,7,9,11-14H2,1H3,(H,24,25,27). The van der Waals surface area contributed by atoms with Crippen molar-refractivity contribution in [1.29, 1.82) is 5.26 Å². The summed E-state index contributed by atoms with van der Waals surface area (Å²) in [7, 11) is 2.07. The number of piperazine rings is 1. The second-order valence-corrected chi connectivity index (χ2v) is 7.52. The minimum atomic E-state index is 0.185. The molecule has 0 saturated carbocycles. The van der Waals surface area contributed by atoms with Crippen molar-refractivity contribution < 1.29 is 9.53 Å². The second kappa shape index (κ2) is 9.45. The van der Waals surface area contributed by atoms with E-state index in [1.54, 1.807) is 12.3 Å². The molecule has 2 aliphatic heterocycles. The van der Waals surface area contributed by atoms with Crippen LogP contribution < -0.4 is 15.4 Å². The summed E-state index contributed by atoms with van der Waals surface area (Å²) in [5, 5.41) is 15.9. The Hall–Kier alpha value is -3.64. The maximum Gasteiger partial charge on any atom is 0.223 e. The Morgan fingerprint density at radius 3 is 2.84 bits per heavy atom. The van der Waals surface area contributed by atoms with Crippen LogP contribution in [0.2, 0.25) is 0 Å². The highest BCUT2D eigenvalue weighted by Gasteiger charge is 2.22. The molecule has 4 rings (SSSR count). The lowest BCUT2D eigenvalue weighted by Crippen LogP contribution is -2.47. The summed E-state index contributed by atoms with van der Waals surface area (Å²) in [6, 6.07) is 11.3. The summed E-state index contributed by atoms with van der Waals surface area (Å²) in [6.45, 7) is 4.00. The fraction of sp³-hybridized carbons (Fsp3) is 0.364. The predicted molar refractivity (Wildman–Crippen MR) is 117 cm³/mol. The Kier molecular flexibility index (Phi) is 6.29. The number of hydrogen-bond donors (Lipinski definition) is 2. The van der Waals surface area contributed by atoms with Gasteiger partial charge in [0.1, 0.15) is 11.6 Å². The number of anilines is 2. The molecule has 1 amide bonds. The largest absolute Gasteiger partial charge is 0.437 e. The third-order valence-electron chi connectivity index (χ3n) is 5.30. The van der Waals surface area contributed by atoms with Crippen LogP contribution in [0.5, 0.6) is 5.75 Å². The zero-order chi connectivity index (χ0) is 21.6. The summed E-state index contributed by atoms with van der Waals surface area (Å²) in [5.41, 5.74) is 1.57. The first-order valence-electron chi connectivity index (χ1n) is 10.4. The van der Waals surface area contributed by atoms with Crippen molar-refractivity contribution >= 4 is 23.1 Å². The smallest absolute Gasteiger partial charge is 0.223 e. The van der Waals surface area contributed by atoms with Crippen molar-refractivity contribution in [2.75, 3.05) is 50.4 Å². The lowest BCUT2D eigenvalue weighted by molar-refractivity contribution is -0.132. The topological polar surface area (TPSA) is 106 Å². The Labute approximate surface area is 181 Å². The number of aromatic nitrogens is 2. The van der Waals surface area contributed by atoms with Gasteiger partial charge in [-0.15, -0.1) is 0 Å². The molecule has 31 heavy (non-hydrogen) atoms. The number of nitriles is 1. The first-order chi connectivity index (χ1) is 15.1. The average Bonchev–Trinajstić information content (AvgIpc) is 3.21. The van der Waals surface area contributed by atoms with Crippen LogP contribution in [-0.4, -0.2) is 65.4 Å². The molecule has 3 heterocycles. The summed E-state index contributed by atoms with van der Waals surface area (Å²) < 4.78 is 5.76. The first kappa shape index (κ1) is 20.6. The molecule has 0 spiro atoms. The molecule has 0 aliphatic carbocycles. The van der Waals surface area contributed by atoms with E-state index in [0.29, 0.717) is 48.2 Å². The average molecular weight is 419 g/mol. The van der Waals surface area contributed by atoms with Gasteiger partial charge >= 0.3 is 0 Å². The van der Waals surface area contributed by atoms with Gasteiger partial charge in [-0.3, -0.25) is 4.79 Å². The number of ether oxygens (including phenoxy) is 1. The van der Waals surface area contributed by atoms with Crippen LogP contribution in [0.4, 0.5) is 11.6 Å². The number of fused-ring (bicyclic) bond motifs is 1. The van der Waals surface area contributed by atoms with Gasteiger partial charge in [0.05, 0.1) is 11.4 Å². The molecule has 1 aromatic heterocycles. The van der Waals surface area contributed by atoms with Crippen LogP contribution in [0.3, 0.4) is 0 Å². The number of carbonyl (C=O) groups is 1. The van der Waals surface area contributed by atoms with E-state index in [1.165, 1.54) is 0 Å². The predicted octanol–water partition coefficient (Wildman–Crippen LogP) is 2.14. The van der Waals surface area contributed by atoms with E-state index in [9.17, 15) is 10.1 Å². The number of nitrogens with zero attached hydrogens (tertiary/aromatic N) is 5.